The van der Waals surface area contributed by atoms with Crippen LogP contribution in [0.15, 0.2) is 18.6 Å². The summed E-state index contributed by atoms with van der Waals surface area (Å²) in [5.41, 5.74) is 0.0859. The molecule has 1 spiro atoms. The quantitative estimate of drug-likeness (QED) is 0.825. The molecule has 4 rings (SSSR count). The molecule has 0 aromatic carbocycles. The number of carbonyl (C=O) groups is 2. The van der Waals surface area contributed by atoms with E-state index in [1.54, 1.807) is 11.2 Å². The van der Waals surface area contributed by atoms with E-state index < -0.39 is 5.54 Å². The molecule has 132 valence electrons. The number of anilines is 1. The summed E-state index contributed by atoms with van der Waals surface area (Å²) in [6, 6.07) is 1.70. The Kier molecular flexibility index (Phi) is 3.63. The van der Waals surface area contributed by atoms with Crippen LogP contribution in [0.1, 0.15) is 26.7 Å². The van der Waals surface area contributed by atoms with Crippen molar-refractivity contribution in [3.05, 3.63) is 18.6 Å². The maximum absolute atomic E-state index is 12.5. The Labute approximate surface area is 145 Å². The highest BCUT2D eigenvalue weighted by atomic mass is 16.2. The summed E-state index contributed by atoms with van der Waals surface area (Å²) < 4.78 is 0. The molecule has 25 heavy (non-hydrogen) atoms. The number of aromatic nitrogens is 3. The second-order valence-corrected chi connectivity index (χ2v) is 7.22. The fraction of sp³-hybridized carbons (Fsp3) is 0.529. The van der Waals surface area contributed by atoms with Crippen LogP contribution in [0.5, 0.6) is 0 Å². The van der Waals surface area contributed by atoms with Gasteiger partial charge in [0.25, 0.3) is 5.91 Å². The van der Waals surface area contributed by atoms with Crippen molar-refractivity contribution in [1.82, 2.24) is 25.2 Å². The Morgan fingerprint density at radius 2 is 2.00 bits per heavy atom. The highest BCUT2D eigenvalue weighted by molar-refractivity contribution is 6.07. The van der Waals surface area contributed by atoms with Crippen LogP contribution in [0.2, 0.25) is 0 Å². The van der Waals surface area contributed by atoms with Crippen LogP contribution in [0.25, 0.3) is 11.0 Å². The first-order chi connectivity index (χ1) is 12.0. The number of rotatable bonds is 3. The van der Waals surface area contributed by atoms with Gasteiger partial charge in [-0.25, -0.2) is 14.8 Å². The smallest absolute Gasteiger partial charge is 0.325 e. The average Bonchev–Trinajstić information content (AvgIpc) is 3.15. The van der Waals surface area contributed by atoms with E-state index in [2.05, 4.69) is 39.0 Å². The highest BCUT2D eigenvalue weighted by Crippen LogP contribution is 2.36. The molecular weight excluding hydrogens is 320 g/mol. The van der Waals surface area contributed by atoms with Gasteiger partial charge in [0.05, 0.1) is 5.39 Å². The summed E-state index contributed by atoms with van der Waals surface area (Å²) in [7, 11) is 0. The molecule has 8 heteroatoms. The second-order valence-electron chi connectivity index (χ2n) is 7.22. The maximum atomic E-state index is 12.5. The van der Waals surface area contributed by atoms with Crippen molar-refractivity contribution in [1.29, 1.82) is 0 Å². The lowest BCUT2D eigenvalue weighted by molar-refractivity contribution is -0.127. The third kappa shape index (κ3) is 2.43. The first kappa shape index (κ1) is 15.9. The summed E-state index contributed by atoms with van der Waals surface area (Å²) in [6.45, 7) is 6.05. The lowest BCUT2D eigenvalue weighted by atomic mass is 9.85. The van der Waals surface area contributed by atoms with Gasteiger partial charge in [-0.3, -0.25) is 10.1 Å². The minimum absolute atomic E-state index is 0.160. The fourth-order valence-electron chi connectivity index (χ4n) is 3.92. The van der Waals surface area contributed by atoms with Gasteiger partial charge < -0.3 is 14.8 Å². The van der Waals surface area contributed by atoms with Gasteiger partial charge >= 0.3 is 6.03 Å². The van der Waals surface area contributed by atoms with Gasteiger partial charge in [0, 0.05) is 25.8 Å². The molecule has 3 amide bonds. The molecule has 2 saturated heterocycles. The zero-order chi connectivity index (χ0) is 17.6. The molecular formula is C17H22N6O2. The van der Waals surface area contributed by atoms with Crippen LogP contribution in [0.4, 0.5) is 10.6 Å². The van der Waals surface area contributed by atoms with E-state index in [0.717, 1.165) is 16.9 Å². The molecule has 8 nitrogen and oxygen atoms in total. The topological polar surface area (TPSA) is 94.2 Å². The lowest BCUT2D eigenvalue weighted by Gasteiger charge is -2.43. The van der Waals surface area contributed by atoms with Gasteiger partial charge in [-0.15, -0.1) is 0 Å². The molecule has 2 aromatic heterocycles. The van der Waals surface area contributed by atoms with E-state index in [1.165, 1.54) is 0 Å². The number of carbonyl (C=O) groups excluding carboxylic acids is 2. The highest BCUT2D eigenvalue weighted by Gasteiger charge is 2.54. The predicted molar refractivity (Wildman–Crippen MR) is 93.1 cm³/mol. The minimum atomic E-state index is -0.720. The number of H-pyrrole nitrogens is 1. The standard InChI is InChI=1S/C17H22N6O2/c1-11(2)9-23-16(25)21-15(24)17(23)4-7-22(8-5-17)14-12-3-6-18-13(12)19-10-20-14/h3,6,10-11H,4-5,7-9H2,1-2H3,(H,18,19,20)(H,21,24,25). The van der Waals surface area contributed by atoms with E-state index in [9.17, 15) is 9.59 Å². The number of amides is 3. The van der Waals surface area contributed by atoms with Crippen molar-refractivity contribution in [3.8, 4) is 0 Å². The van der Waals surface area contributed by atoms with Crippen molar-refractivity contribution in [2.75, 3.05) is 24.5 Å². The van der Waals surface area contributed by atoms with Crippen LogP contribution in [-0.4, -0.2) is 57.0 Å². The van der Waals surface area contributed by atoms with Crippen LogP contribution in [-0.2, 0) is 4.79 Å². The molecule has 0 saturated carbocycles. The van der Waals surface area contributed by atoms with Gasteiger partial charge in [-0.1, -0.05) is 13.8 Å². The number of imide groups is 1. The van der Waals surface area contributed by atoms with Gasteiger partial charge in [0.2, 0.25) is 0 Å². The lowest BCUT2D eigenvalue weighted by Crippen LogP contribution is -2.57. The first-order valence-corrected chi connectivity index (χ1v) is 8.67. The van der Waals surface area contributed by atoms with Crippen LogP contribution in [0.3, 0.4) is 0 Å². The average molecular weight is 342 g/mol. The molecule has 0 radical (unpaired) electrons. The van der Waals surface area contributed by atoms with Crippen LogP contribution >= 0.6 is 0 Å². The molecule has 0 bridgehead atoms. The third-order valence-electron chi connectivity index (χ3n) is 5.18. The summed E-state index contributed by atoms with van der Waals surface area (Å²) in [4.78, 5) is 40.4. The number of urea groups is 1. The molecule has 0 aliphatic carbocycles. The second kappa shape index (κ2) is 5.72. The number of hydrogen-bond acceptors (Lipinski definition) is 5. The minimum Gasteiger partial charge on any atom is -0.356 e. The van der Waals surface area contributed by atoms with E-state index in [1.807, 2.05) is 12.3 Å². The molecule has 4 heterocycles. The molecule has 2 aromatic rings. The summed E-state index contributed by atoms with van der Waals surface area (Å²) in [5.74, 6) is 1.03. The Morgan fingerprint density at radius 3 is 2.72 bits per heavy atom. The number of hydrogen-bond donors (Lipinski definition) is 2. The number of piperidine rings is 1. The summed E-state index contributed by atoms with van der Waals surface area (Å²) in [6.07, 6.45) is 4.61. The fourth-order valence-corrected chi connectivity index (χ4v) is 3.92. The monoisotopic (exact) mass is 342 g/mol. The molecule has 2 fully saturated rings. The Morgan fingerprint density at radius 1 is 1.24 bits per heavy atom. The van der Waals surface area contributed by atoms with Crippen LogP contribution in [0, 0.1) is 5.92 Å². The van der Waals surface area contributed by atoms with Gasteiger partial charge in [-0.05, 0) is 24.8 Å². The zero-order valence-corrected chi connectivity index (χ0v) is 14.5. The Balaban J connectivity index is 1.59. The number of nitrogens with zero attached hydrogens (tertiary/aromatic N) is 4. The molecule has 2 aliphatic rings. The van der Waals surface area contributed by atoms with Crippen molar-refractivity contribution in [3.63, 3.8) is 0 Å². The summed E-state index contributed by atoms with van der Waals surface area (Å²) in [5, 5.41) is 3.49. The maximum Gasteiger partial charge on any atom is 0.325 e. The first-order valence-electron chi connectivity index (χ1n) is 8.67. The molecule has 0 atom stereocenters. The number of nitrogens with one attached hydrogen (secondary N) is 2. The SMILES string of the molecule is CC(C)CN1C(=O)NC(=O)C12CCN(c1ncnc3[nH]ccc13)CC2. The van der Waals surface area contributed by atoms with Crippen LogP contribution < -0.4 is 10.2 Å². The number of fused-ring (bicyclic) bond motifs is 1. The molecule has 2 aliphatic heterocycles. The van der Waals surface area contributed by atoms with E-state index in [-0.39, 0.29) is 11.9 Å². The Bertz CT molecular complexity index is 821. The normalized spacial score (nSPS) is 20.1. The predicted octanol–water partition coefficient (Wildman–Crippen LogP) is 1.50. The molecule has 0 unspecified atom stereocenters. The summed E-state index contributed by atoms with van der Waals surface area (Å²) >= 11 is 0. The Hall–Kier alpha value is -2.64. The number of aromatic amines is 1. The zero-order valence-electron chi connectivity index (χ0n) is 14.5. The van der Waals surface area contributed by atoms with Crippen molar-refractivity contribution >= 4 is 28.8 Å². The largest absolute Gasteiger partial charge is 0.356 e. The van der Waals surface area contributed by atoms with E-state index in [4.69, 9.17) is 0 Å². The van der Waals surface area contributed by atoms with E-state index in [0.29, 0.717) is 38.4 Å². The van der Waals surface area contributed by atoms with Crippen molar-refractivity contribution < 1.29 is 9.59 Å². The third-order valence-corrected chi connectivity index (χ3v) is 5.18. The van der Waals surface area contributed by atoms with Gasteiger partial charge in [0.15, 0.2) is 0 Å². The van der Waals surface area contributed by atoms with Gasteiger partial charge in [-0.2, -0.15) is 0 Å². The van der Waals surface area contributed by atoms with Crippen molar-refractivity contribution in [2.45, 2.75) is 32.2 Å². The van der Waals surface area contributed by atoms with E-state index >= 15 is 0 Å². The van der Waals surface area contributed by atoms with Gasteiger partial charge in [0.1, 0.15) is 23.3 Å². The molecule has 2 N–H and O–H groups in total. The van der Waals surface area contributed by atoms with Crippen molar-refractivity contribution in [2.24, 2.45) is 5.92 Å².